The predicted molar refractivity (Wildman–Crippen MR) is 78.7 cm³/mol. The smallest absolute Gasteiger partial charge is 0.408 e. The van der Waals surface area contributed by atoms with Crippen molar-refractivity contribution < 1.29 is 33.8 Å². The predicted octanol–water partition coefficient (Wildman–Crippen LogP) is -1.29. The number of urea groups is 1. The van der Waals surface area contributed by atoms with Crippen molar-refractivity contribution in [2.75, 3.05) is 19.6 Å². The number of ether oxygens (including phenoxy) is 1. The van der Waals surface area contributed by atoms with Crippen LogP contribution in [0.2, 0.25) is 0 Å². The van der Waals surface area contributed by atoms with Crippen molar-refractivity contribution in [3.05, 3.63) is 0 Å². The van der Waals surface area contributed by atoms with Crippen LogP contribution in [0.3, 0.4) is 0 Å². The van der Waals surface area contributed by atoms with Crippen molar-refractivity contribution in [3.8, 4) is 0 Å². The molecule has 0 radical (unpaired) electrons. The van der Waals surface area contributed by atoms with E-state index < -0.39 is 54.6 Å². The highest BCUT2D eigenvalue weighted by atomic mass is 16.6. The topological polar surface area (TPSA) is 159 Å². The van der Waals surface area contributed by atoms with Crippen molar-refractivity contribution in [3.63, 3.8) is 0 Å². The van der Waals surface area contributed by atoms with Crippen LogP contribution in [-0.4, -0.2) is 76.1 Å². The fourth-order valence-corrected chi connectivity index (χ4v) is 1.87. The van der Waals surface area contributed by atoms with E-state index in [1.807, 2.05) is 0 Å². The fraction of sp³-hybridized carbons (Fsp3) is 0.615. The first-order valence-electron chi connectivity index (χ1n) is 7.00. The van der Waals surface area contributed by atoms with Gasteiger partial charge in [0.1, 0.15) is 24.7 Å². The highest BCUT2D eigenvalue weighted by Crippen LogP contribution is 2.15. The van der Waals surface area contributed by atoms with Gasteiger partial charge in [0.05, 0.1) is 6.54 Å². The van der Waals surface area contributed by atoms with E-state index in [1.165, 1.54) is 0 Å². The third-order valence-electron chi connectivity index (χ3n) is 2.79. The molecule has 0 aliphatic carbocycles. The Morgan fingerprint density at radius 3 is 2.33 bits per heavy atom. The third kappa shape index (κ3) is 5.41. The number of nitrogens with one attached hydrogen (secondary N) is 1. The van der Waals surface area contributed by atoms with Crippen LogP contribution >= 0.6 is 0 Å². The summed E-state index contributed by atoms with van der Waals surface area (Å²) in [5.41, 5.74) is 4.21. The van der Waals surface area contributed by atoms with Gasteiger partial charge in [0.2, 0.25) is 5.91 Å². The Bertz CT molecular complexity index is 553. The second kappa shape index (κ2) is 7.15. The number of carbonyl (C=O) groups excluding carboxylic acids is 4. The molecular weight excluding hydrogens is 324 g/mol. The molecule has 0 bridgehead atoms. The lowest BCUT2D eigenvalue weighted by Gasteiger charge is -2.39. The summed E-state index contributed by atoms with van der Waals surface area (Å²) in [6, 6.07) is -1.92. The molecule has 0 spiro atoms. The van der Waals surface area contributed by atoms with Gasteiger partial charge in [-0.3, -0.25) is 19.3 Å². The number of β-lactam (4-membered cyclic amide) rings is 1. The van der Waals surface area contributed by atoms with Gasteiger partial charge >= 0.3 is 18.1 Å². The van der Waals surface area contributed by atoms with E-state index >= 15 is 0 Å². The summed E-state index contributed by atoms with van der Waals surface area (Å²) in [6.45, 7) is 3.37. The Morgan fingerprint density at radius 1 is 1.33 bits per heavy atom. The van der Waals surface area contributed by atoms with Crippen molar-refractivity contribution in [2.24, 2.45) is 5.73 Å². The first-order chi connectivity index (χ1) is 10.9. The molecule has 1 saturated heterocycles. The highest BCUT2D eigenvalue weighted by Gasteiger charge is 2.44. The Balaban J connectivity index is 2.62. The molecule has 1 aliphatic heterocycles. The van der Waals surface area contributed by atoms with E-state index in [2.05, 4.69) is 5.32 Å². The quantitative estimate of drug-likeness (QED) is 0.523. The Labute approximate surface area is 137 Å². The molecule has 1 aliphatic rings. The molecule has 4 N–H and O–H groups in total. The lowest BCUT2D eigenvalue weighted by atomic mass is 10.1. The first kappa shape index (κ1) is 19.2. The SMILES string of the molecule is CC(C)(C)OC(=O)NC1CN(C(=O)N(CC(N)=O)CC(=O)O)C1=O. The number of hydrogen-bond acceptors (Lipinski definition) is 6. The molecule has 1 rings (SSSR count). The van der Waals surface area contributed by atoms with Gasteiger partial charge in [-0.05, 0) is 20.8 Å². The molecule has 0 aromatic carbocycles. The minimum atomic E-state index is -1.36. The summed E-state index contributed by atoms with van der Waals surface area (Å²) in [5, 5.41) is 11.0. The number of rotatable bonds is 5. The molecule has 0 aromatic heterocycles. The average Bonchev–Trinajstić information content (AvgIpc) is 2.38. The maximum Gasteiger partial charge on any atom is 0.408 e. The summed E-state index contributed by atoms with van der Waals surface area (Å²) in [6.07, 6.45) is -0.813. The molecule has 24 heavy (non-hydrogen) atoms. The van der Waals surface area contributed by atoms with Gasteiger partial charge in [0, 0.05) is 0 Å². The van der Waals surface area contributed by atoms with Gasteiger partial charge in [-0.15, -0.1) is 0 Å². The van der Waals surface area contributed by atoms with Crippen LogP contribution in [0.5, 0.6) is 0 Å². The first-order valence-corrected chi connectivity index (χ1v) is 7.00. The van der Waals surface area contributed by atoms with Crippen molar-refractivity contribution in [1.82, 2.24) is 15.1 Å². The second-order valence-electron chi connectivity index (χ2n) is 6.15. The van der Waals surface area contributed by atoms with Crippen LogP contribution in [0.4, 0.5) is 9.59 Å². The van der Waals surface area contributed by atoms with Crippen LogP contribution in [0.25, 0.3) is 0 Å². The van der Waals surface area contributed by atoms with Crippen LogP contribution in [-0.2, 0) is 19.1 Å². The molecule has 5 amide bonds. The number of nitrogens with zero attached hydrogens (tertiary/aromatic N) is 2. The molecule has 0 saturated carbocycles. The largest absolute Gasteiger partial charge is 0.480 e. The summed E-state index contributed by atoms with van der Waals surface area (Å²) in [4.78, 5) is 58.6. The zero-order chi connectivity index (χ0) is 18.7. The minimum Gasteiger partial charge on any atom is -0.480 e. The fourth-order valence-electron chi connectivity index (χ4n) is 1.87. The number of aliphatic carboxylic acids is 1. The Hall–Kier alpha value is -2.85. The lowest BCUT2D eigenvalue weighted by molar-refractivity contribution is -0.143. The number of imide groups is 1. The standard InChI is InChI=1S/C13H20N4O7/c1-13(2,3)24-11(22)15-7-4-17(10(7)21)12(23)16(5-8(14)18)6-9(19)20/h7H,4-6H2,1-3H3,(H2,14,18)(H,15,22)(H,19,20). The van der Waals surface area contributed by atoms with Crippen LogP contribution in [0.1, 0.15) is 20.8 Å². The summed E-state index contributed by atoms with van der Waals surface area (Å²) < 4.78 is 4.99. The van der Waals surface area contributed by atoms with Crippen LogP contribution in [0, 0.1) is 0 Å². The van der Waals surface area contributed by atoms with Gasteiger partial charge in [0.25, 0.3) is 5.91 Å². The molecule has 1 atom stereocenters. The number of carboxylic acid groups (broad SMARTS) is 1. The number of hydrogen-bond donors (Lipinski definition) is 3. The van der Waals surface area contributed by atoms with E-state index in [-0.39, 0.29) is 6.54 Å². The second-order valence-corrected chi connectivity index (χ2v) is 6.15. The highest BCUT2D eigenvalue weighted by molar-refractivity contribution is 6.04. The monoisotopic (exact) mass is 344 g/mol. The molecule has 0 aromatic rings. The molecule has 134 valence electrons. The van der Waals surface area contributed by atoms with Crippen molar-refractivity contribution in [1.29, 1.82) is 0 Å². The maximum atomic E-state index is 12.1. The zero-order valence-corrected chi connectivity index (χ0v) is 13.6. The summed E-state index contributed by atoms with van der Waals surface area (Å²) in [5.74, 6) is -3.01. The van der Waals surface area contributed by atoms with Crippen molar-refractivity contribution in [2.45, 2.75) is 32.4 Å². The minimum absolute atomic E-state index is 0.161. The third-order valence-corrected chi connectivity index (χ3v) is 2.79. The lowest BCUT2D eigenvalue weighted by Crippen LogP contribution is -2.68. The van der Waals surface area contributed by atoms with E-state index in [0.29, 0.717) is 9.80 Å². The van der Waals surface area contributed by atoms with Gasteiger partial charge < -0.3 is 25.8 Å². The molecule has 1 heterocycles. The summed E-state index contributed by atoms with van der Waals surface area (Å²) >= 11 is 0. The average molecular weight is 344 g/mol. The number of alkyl carbamates (subject to hydrolysis) is 1. The number of amides is 5. The Kier molecular flexibility index (Phi) is 5.72. The molecular formula is C13H20N4O7. The molecule has 1 unspecified atom stereocenters. The normalized spacial score (nSPS) is 16.9. The van der Waals surface area contributed by atoms with Crippen LogP contribution < -0.4 is 11.1 Å². The number of primary amides is 1. The number of nitrogens with two attached hydrogens (primary N) is 1. The van der Waals surface area contributed by atoms with Crippen LogP contribution in [0.15, 0.2) is 0 Å². The van der Waals surface area contributed by atoms with E-state index in [1.54, 1.807) is 20.8 Å². The summed E-state index contributed by atoms with van der Waals surface area (Å²) in [7, 11) is 0. The number of likely N-dealkylation sites (tertiary alicyclic amines) is 1. The number of carboxylic acids is 1. The van der Waals surface area contributed by atoms with Gasteiger partial charge in [-0.1, -0.05) is 0 Å². The van der Waals surface area contributed by atoms with E-state index in [4.69, 9.17) is 15.6 Å². The number of carbonyl (C=O) groups is 5. The molecule has 11 nitrogen and oxygen atoms in total. The Morgan fingerprint density at radius 2 is 1.92 bits per heavy atom. The molecule has 11 heteroatoms. The van der Waals surface area contributed by atoms with E-state index in [0.717, 1.165) is 0 Å². The van der Waals surface area contributed by atoms with E-state index in [9.17, 15) is 24.0 Å². The van der Waals surface area contributed by atoms with Gasteiger partial charge in [-0.2, -0.15) is 0 Å². The van der Waals surface area contributed by atoms with Gasteiger partial charge in [0.15, 0.2) is 0 Å². The molecule has 1 fully saturated rings. The van der Waals surface area contributed by atoms with Gasteiger partial charge in [-0.25, -0.2) is 9.59 Å². The van der Waals surface area contributed by atoms with Crippen molar-refractivity contribution >= 4 is 29.9 Å². The zero-order valence-electron chi connectivity index (χ0n) is 13.6. The maximum absolute atomic E-state index is 12.1.